The first-order valence-electron chi connectivity index (χ1n) is 13.9. The fourth-order valence-corrected chi connectivity index (χ4v) is 5.74. The SMILES string of the molecule is CCOc1ccc(Cl)cc1-c1nnc([C@H]2CCC[C@@H](C(=O)Nc3c(C(C)NC)n(C)n(-c4ccccc4)c3=O)C2)o1. The Kier molecular flexibility index (Phi) is 8.60. The van der Waals surface area contributed by atoms with Gasteiger partial charge in [0.1, 0.15) is 11.4 Å². The van der Waals surface area contributed by atoms with Gasteiger partial charge in [-0.2, -0.15) is 0 Å². The second kappa shape index (κ2) is 12.3. The van der Waals surface area contributed by atoms with E-state index >= 15 is 0 Å². The van der Waals surface area contributed by atoms with E-state index in [2.05, 4.69) is 20.8 Å². The number of nitrogens with one attached hydrogen (secondary N) is 2. The summed E-state index contributed by atoms with van der Waals surface area (Å²) < 4.78 is 15.2. The molecule has 3 atom stereocenters. The number of carbonyl (C=O) groups is 1. The molecule has 5 rings (SSSR count). The van der Waals surface area contributed by atoms with Crippen LogP contribution in [0.5, 0.6) is 5.75 Å². The van der Waals surface area contributed by atoms with Gasteiger partial charge < -0.3 is 19.8 Å². The molecule has 1 saturated carbocycles. The molecule has 10 nitrogen and oxygen atoms in total. The van der Waals surface area contributed by atoms with Crippen molar-refractivity contribution in [3.63, 3.8) is 0 Å². The number of para-hydroxylation sites is 1. The number of ether oxygens (including phenoxy) is 1. The molecule has 216 valence electrons. The number of nitrogens with zero attached hydrogens (tertiary/aromatic N) is 4. The lowest BCUT2D eigenvalue weighted by Gasteiger charge is -2.26. The van der Waals surface area contributed by atoms with E-state index in [-0.39, 0.29) is 35.0 Å². The fraction of sp³-hybridized carbons (Fsp3) is 0.400. The van der Waals surface area contributed by atoms with Gasteiger partial charge in [0.05, 0.1) is 23.6 Å². The van der Waals surface area contributed by atoms with E-state index in [4.69, 9.17) is 20.8 Å². The molecule has 2 aromatic heterocycles. The lowest BCUT2D eigenvalue weighted by Crippen LogP contribution is -2.30. The van der Waals surface area contributed by atoms with Crippen molar-refractivity contribution in [2.45, 2.75) is 51.5 Å². The van der Waals surface area contributed by atoms with Gasteiger partial charge in [-0.25, -0.2) is 4.68 Å². The molecule has 1 fully saturated rings. The third-order valence-corrected chi connectivity index (χ3v) is 7.94. The Hall–Kier alpha value is -3.89. The first-order chi connectivity index (χ1) is 19.8. The largest absolute Gasteiger partial charge is 0.493 e. The monoisotopic (exact) mass is 578 g/mol. The molecule has 0 aliphatic heterocycles. The average molecular weight is 579 g/mol. The first kappa shape index (κ1) is 28.6. The van der Waals surface area contributed by atoms with Crippen LogP contribution in [0, 0.1) is 5.92 Å². The third kappa shape index (κ3) is 5.80. The molecule has 11 heteroatoms. The Morgan fingerprint density at radius 1 is 1.20 bits per heavy atom. The number of aromatic nitrogens is 4. The van der Waals surface area contributed by atoms with E-state index in [9.17, 15) is 9.59 Å². The summed E-state index contributed by atoms with van der Waals surface area (Å²) in [6, 6.07) is 14.5. The lowest BCUT2D eigenvalue weighted by atomic mass is 9.81. The maximum absolute atomic E-state index is 13.6. The van der Waals surface area contributed by atoms with Crippen molar-refractivity contribution in [2.75, 3.05) is 19.0 Å². The summed E-state index contributed by atoms with van der Waals surface area (Å²) >= 11 is 6.22. The topological polar surface area (TPSA) is 116 Å². The van der Waals surface area contributed by atoms with Gasteiger partial charge in [-0.05, 0) is 70.5 Å². The molecule has 0 saturated heterocycles. The van der Waals surface area contributed by atoms with E-state index in [1.807, 2.05) is 58.3 Å². The molecule has 1 unspecified atom stereocenters. The number of rotatable bonds is 9. The zero-order valence-electron chi connectivity index (χ0n) is 23.7. The summed E-state index contributed by atoms with van der Waals surface area (Å²) in [7, 11) is 3.65. The van der Waals surface area contributed by atoms with Crippen molar-refractivity contribution >= 4 is 23.2 Å². The molecule has 0 bridgehead atoms. The van der Waals surface area contributed by atoms with E-state index in [1.54, 1.807) is 27.6 Å². The van der Waals surface area contributed by atoms with Crippen LogP contribution in [0.1, 0.15) is 63.1 Å². The Labute approximate surface area is 243 Å². The predicted octanol–water partition coefficient (Wildman–Crippen LogP) is 5.47. The van der Waals surface area contributed by atoms with Crippen LogP contribution in [0.25, 0.3) is 17.1 Å². The smallest absolute Gasteiger partial charge is 0.295 e. The summed E-state index contributed by atoms with van der Waals surface area (Å²) in [6.07, 6.45) is 2.90. The standard InChI is InChI=1S/C30H35ClN6O4/c1-5-40-24-15-14-21(31)17-23(24)29-35-34-28(41-29)20-11-9-10-19(16-20)27(38)33-25-26(18(2)32-3)36(4)37(30(25)39)22-12-7-6-8-13-22/h6-8,12-15,17-20,32H,5,9-11,16H2,1-4H3,(H,33,38)/t18?,19-,20+/m1/s1. The van der Waals surface area contributed by atoms with Crippen LogP contribution in [0.3, 0.4) is 0 Å². The highest BCUT2D eigenvalue weighted by Crippen LogP contribution is 2.39. The van der Waals surface area contributed by atoms with Gasteiger partial charge in [0.25, 0.3) is 11.4 Å². The zero-order valence-corrected chi connectivity index (χ0v) is 24.4. The van der Waals surface area contributed by atoms with Gasteiger partial charge in [-0.15, -0.1) is 10.2 Å². The van der Waals surface area contributed by atoms with E-state index in [0.717, 1.165) is 18.5 Å². The second-order valence-corrected chi connectivity index (χ2v) is 10.8. The van der Waals surface area contributed by atoms with Crippen LogP contribution >= 0.6 is 11.6 Å². The molecule has 0 spiro atoms. The Morgan fingerprint density at radius 2 is 1.98 bits per heavy atom. The van der Waals surface area contributed by atoms with Crippen molar-refractivity contribution in [3.8, 4) is 22.9 Å². The van der Waals surface area contributed by atoms with Crippen LogP contribution in [0.2, 0.25) is 5.02 Å². The van der Waals surface area contributed by atoms with Gasteiger partial charge in [-0.1, -0.05) is 36.2 Å². The van der Waals surface area contributed by atoms with Crippen molar-refractivity contribution in [2.24, 2.45) is 13.0 Å². The number of benzene rings is 2. The summed E-state index contributed by atoms with van der Waals surface area (Å²) in [4.78, 5) is 27.2. The van der Waals surface area contributed by atoms with Crippen molar-refractivity contribution < 1.29 is 13.9 Å². The van der Waals surface area contributed by atoms with Crippen LogP contribution in [0.15, 0.2) is 57.7 Å². The molecular weight excluding hydrogens is 544 g/mol. The molecule has 1 aliphatic carbocycles. The maximum Gasteiger partial charge on any atom is 0.295 e. The molecule has 2 aromatic carbocycles. The van der Waals surface area contributed by atoms with Gasteiger partial charge >= 0.3 is 0 Å². The van der Waals surface area contributed by atoms with E-state index < -0.39 is 0 Å². The highest BCUT2D eigenvalue weighted by molar-refractivity contribution is 6.30. The van der Waals surface area contributed by atoms with Gasteiger partial charge in [0.15, 0.2) is 0 Å². The third-order valence-electron chi connectivity index (χ3n) is 7.71. The molecule has 1 amide bonds. The number of carbonyl (C=O) groups excluding carboxylic acids is 1. The van der Waals surface area contributed by atoms with E-state index in [0.29, 0.717) is 53.3 Å². The molecule has 2 N–H and O–H groups in total. The predicted molar refractivity (Wildman–Crippen MR) is 158 cm³/mol. The van der Waals surface area contributed by atoms with Crippen LogP contribution in [-0.2, 0) is 11.8 Å². The first-order valence-corrected chi connectivity index (χ1v) is 14.3. The van der Waals surface area contributed by atoms with Gasteiger partial charge in [-0.3, -0.25) is 14.3 Å². The van der Waals surface area contributed by atoms with Gasteiger partial charge in [0, 0.05) is 29.9 Å². The molecule has 0 radical (unpaired) electrons. The number of hydrogen-bond donors (Lipinski definition) is 2. The molecule has 1 aliphatic rings. The minimum atomic E-state index is -0.309. The Bertz CT molecular complexity index is 1580. The Balaban J connectivity index is 1.38. The van der Waals surface area contributed by atoms with Gasteiger partial charge in [0.2, 0.25) is 11.8 Å². The van der Waals surface area contributed by atoms with Crippen molar-refractivity contribution in [1.29, 1.82) is 0 Å². The minimum absolute atomic E-state index is 0.0806. The average Bonchev–Trinajstić information content (AvgIpc) is 3.57. The number of halogens is 1. The van der Waals surface area contributed by atoms with Crippen LogP contribution < -0.4 is 20.9 Å². The number of amides is 1. The summed E-state index contributed by atoms with van der Waals surface area (Å²) in [5.41, 5.74) is 2.07. The summed E-state index contributed by atoms with van der Waals surface area (Å²) in [6.45, 7) is 4.35. The van der Waals surface area contributed by atoms with E-state index in [1.165, 1.54) is 0 Å². The summed E-state index contributed by atoms with van der Waals surface area (Å²) in [5, 5.41) is 15.3. The Morgan fingerprint density at radius 3 is 2.71 bits per heavy atom. The van der Waals surface area contributed by atoms with Crippen molar-refractivity contribution in [1.82, 2.24) is 24.9 Å². The lowest BCUT2D eigenvalue weighted by molar-refractivity contribution is -0.121. The zero-order chi connectivity index (χ0) is 29.1. The summed E-state index contributed by atoms with van der Waals surface area (Å²) in [5.74, 6) is 0.850. The molecule has 4 aromatic rings. The number of anilines is 1. The number of hydrogen-bond acceptors (Lipinski definition) is 7. The quantitative estimate of drug-likeness (QED) is 0.270. The highest BCUT2D eigenvalue weighted by atomic mass is 35.5. The maximum atomic E-state index is 13.6. The van der Waals surface area contributed by atoms with Crippen molar-refractivity contribution in [3.05, 3.63) is 75.5 Å². The molecule has 41 heavy (non-hydrogen) atoms. The molecule has 2 heterocycles. The van der Waals surface area contributed by atoms with Crippen LogP contribution in [-0.4, -0.2) is 39.1 Å². The highest BCUT2D eigenvalue weighted by Gasteiger charge is 2.33. The fourth-order valence-electron chi connectivity index (χ4n) is 5.57. The van der Waals surface area contributed by atoms with Crippen LogP contribution in [0.4, 0.5) is 5.69 Å². The molecular formula is C30H35ClN6O4. The second-order valence-electron chi connectivity index (χ2n) is 10.3. The normalized spacial score (nSPS) is 17.8. The minimum Gasteiger partial charge on any atom is -0.493 e.